The van der Waals surface area contributed by atoms with Gasteiger partial charge in [-0.3, -0.25) is 0 Å². The maximum atomic E-state index is 11.2. The number of sulfonamides is 1. The number of hydrogen-bond donors (Lipinski definition) is 1. The Bertz CT molecular complexity index is 430. The van der Waals surface area contributed by atoms with Crippen molar-refractivity contribution in [2.24, 2.45) is 0 Å². The molecule has 92 valence electrons. The zero-order valence-electron chi connectivity index (χ0n) is 9.07. The van der Waals surface area contributed by atoms with Crippen LogP contribution >= 0.6 is 27.3 Å². The lowest BCUT2D eigenvalue weighted by Crippen LogP contribution is -2.29. The van der Waals surface area contributed by atoms with E-state index in [0.717, 1.165) is 4.88 Å². The van der Waals surface area contributed by atoms with E-state index >= 15 is 0 Å². The molecule has 16 heavy (non-hydrogen) atoms. The Hall–Kier alpha value is 0.0500. The largest absolute Gasteiger partial charge is 0.375 e. The Kier molecular flexibility index (Phi) is 5.39. The van der Waals surface area contributed by atoms with E-state index in [0.29, 0.717) is 0 Å². The highest BCUT2D eigenvalue weighted by Gasteiger charge is 2.16. The molecular weight excluding hydrogens is 314 g/mol. The molecule has 0 radical (unpaired) electrons. The third kappa shape index (κ3) is 4.14. The van der Waals surface area contributed by atoms with E-state index in [1.807, 2.05) is 19.1 Å². The van der Waals surface area contributed by atoms with Gasteiger partial charge in [0.05, 0.1) is 0 Å². The summed E-state index contributed by atoms with van der Waals surface area (Å²) in [5, 5.41) is 0. The van der Waals surface area contributed by atoms with Crippen molar-refractivity contribution in [3.8, 4) is 0 Å². The lowest BCUT2D eigenvalue weighted by molar-refractivity contribution is 0.110. The normalized spacial score (nSPS) is 13.9. The molecule has 0 bridgehead atoms. The van der Waals surface area contributed by atoms with Crippen molar-refractivity contribution < 1.29 is 13.2 Å². The smallest absolute Gasteiger partial charge is 0.221 e. The summed E-state index contributed by atoms with van der Waals surface area (Å²) >= 11 is 4.52. The molecular formula is C9H14BrNO3S2. The van der Waals surface area contributed by atoms with E-state index in [1.54, 1.807) is 18.4 Å². The summed E-state index contributed by atoms with van der Waals surface area (Å²) in [4.78, 5) is 2.21. The molecule has 0 aliphatic carbocycles. The quantitative estimate of drug-likeness (QED) is 0.813. The van der Waals surface area contributed by atoms with Crippen LogP contribution in [0.5, 0.6) is 0 Å². The van der Waals surface area contributed by atoms with E-state index in [4.69, 9.17) is 4.74 Å². The Morgan fingerprint density at radius 1 is 1.56 bits per heavy atom. The minimum absolute atomic E-state index is 0.0973. The standard InChI is InChI=1S/C9H14BrNO3S2/c1-7-3-4-9(15-7)8(14-2)5-11-16(12,13)6-10/h3-4,8,11H,5-6H2,1-2H3. The summed E-state index contributed by atoms with van der Waals surface area (Å²) < 4.78 is 30.1. The number of aryl methyl sites for hydroxylation is 1. The Morgan fingerprint density at radius 3 is 2.69 bits per heavy atom. The summed E-state index contributed by atoms with van der Waals surface area (Å²) in [5.74, 6) is 0. The molecule has 1 heterocycles. The molecule has 1 aromatic rings. The third-order valence-corrected chi connectivity index (χ3v) is 5.79. The van der Waals surface area contributed by atoms with Gasteiger partial charge in [-0.2, -0.15) is 0 Å². The molecule has 1 aromatic heterocycles. The average Bonchev–Trinajstić information content (AvgIpc) is 2.66. The topological polar surface area (TPSA) is 55.4 Å². The van der Waals surface area contributed by atoms with Crippen LogP contribution in [-0.4, -0.2) is 26.7 Å². The van der Waals surface area contributed by atoms with Crippen molar-refractivity contribution >= 4 is 37.3 Å². The van der Waals surface area contributed by atoms with Gasteiger partial charge < -0.3 is 4.74 Å². The van der Waals surface area contributed by atoms with Crippen molar-refractivity contribution in [1.29, 1.82) is 0 Å². The fraction of sp³-hybridized carbons (Fsp3) is 0.556. The number of nitrogens with one attached hydrogen (secondary N) is 1. The van der Waals surface area contributed by atoms with Crippen LogP contribution in [0.3, 0.4) is 0 Å². The zero-order valence-corrected chi connectivity index (χ0v) is 12.3. The molecule has 0 aromatic carbocycles. The number of rotatable bonds is 6. The number of alkyl halides is 1. The number of thiophene rings is 1. The molecule has 0 aliphatic rings. The van der Waals surface area contributed by atoms with Crippen LogP contribution in [0.1, 0.15) is 15.9 Å². The first kappa shape index (κ1) is 14.1. The van der Waals surface area contributed by atoms with E-state index in [9.17, 15) is 8.42 Å². The van der Waals surface area contributed by atoms with E-state index < -0.39 is 10.0 Å². The number of methoxy groups -OCH3 is 1. The molecule has 0 saturated carbocycles. The van der Waals surface area contributed by atoms with Gasteiger partial charge in [0.1, 0.15) is 10.8 Å². The molecule has 1 unspecified atom stereocenters. The highest BCUT2D eigenvalue weighted by Crippen LogP contribution is 2.24. The Morgan fingerprint density at radius 2 is 2.25 bits per heavy atom. The van der Waals surface area contributed by atoms with Crippen molar-refractivity contribution in [3.63, 3.8) is 0 Å². The SMILES string of the molecule is COC(CNS(=O)(=O)CBr)c1ccc(C)s1. The monoisotopic (exact) mass is 327 g/mol. The lowest BCUT2D eigenvalue weighted by atomic mass is 10.3. The molecule has 0 amide bonds. The first-order chi connectivity index (χ1) is 7.48. The number of hydrogen-bond acceptors (Lipinski definition) is 4. The first-order valence-electron chi connectivity index (χ1n) is 4.61. The molecule has 7 heteroatoms. The van der Waals surface area contributed by atoms with Crippen LogP contribution in [0.15, 0.2) is 12.1 Å². The van der Waals surface area contributed by atoms with Crippen LogP contribution < -0.4 is 4.72 Å². The maximum Gasteiger partial charge on any atom is 0.221 e. The van der Waals surface area contributed by atoms with Gasteiger partial charge in [-0.25, -0.2) is 13.1 Å². The molecule has 1 atom stereocenters. The van der Waals surface area contributed by atoms with Gasteiger partial charge in [-0.05, 0) is 19.1 Å². The Labute approximate surface area is 108 Å². The molecule has 0 spiro atoms. The van der Waals surface area contributed by atoms with Gasteiger partial charge in [0, 0.05) is 23.4 Å². The molecule has 0 fully saturated rings. The predicted molar refractivity (Wildman–Crippen MR) is 69.5 cm³/mol. The van der Waals surface area contributed by atoms with Crippen LogP contribution in [0.2, 0.25) is 0 Å². The van der Waals surface area contributed by atoms with Gasteiger partial charge in [0.15, 0.2) is 0 Å². The van der Waals surface area contributed by atoms with Crippen LogP contribution in [0.4, 0.5) is 0 Å². The summed E-state index contributed by atoms with van der Waals surface area (Å²) in [6.45, 7) is 2.26. The lowest BCUT2D eigenvalue weighted by Gasteiger charge is -2.13. The van der Waals surface area contributed by atoms with Gasteiger partial charge >= 0.3 is 0 Å². The fourth-order valence-electron chi connectivity index (χ4n) is 1.17. The predicted octanol–water partition coefficient (Wildman–Crippen LogP) is 2.02. The molecule has 0 aliphatic heterocycles. The van der Waals surface area contributed by atoms with Gasteiger partial charge in [0.2, 0.25) is 10.0 Å². The molecule has 4 nitrogen and oxygen atoms in total. The highest BCUT2D eigenvalue weighted by molar-refractivity contribution is 9.10. The number of ether oxygens (including phenoxy) is 1. The summed E-state index contributed by atoms with van der Waals surface area (Å²) in [5.41, 5.74) is 0. The van der Waals surface area contributed by atoms with E-state index in [1.165, 1.54) is 4.88 Å². The molecule has 1 rings (SSSR count). The van der Waals surface area contributed by atoms with Crippen molar-refractivity contribution in [1.82, 2.24) is 4.72 Å². The van der Waals surface area contributed by atoms with Crippen LogP contribution in [0, 0.1) is 6.92 Å². The summed E-state index contributed by atoms with van der Waals surface area (Å²) in [7, 11) is -1.66. The van der Waals surface area contributed by atoms with Crippen LogP contribution in [-0.2, 0) is 14.8 Å². The first-order valence-corrected chi connectivity index (χ1v) is 8.20. The van der Waals surface area contributed by atoms with Crippen molar-refractivity contribution in [2.45, 2.75) is 13.0 Å². The van der Waals surface area contributed by atoms with E-state index in [2.05, 4.69) is 20.7 Å². The van der Waals surface area contributed by atoms with Gasteiger partial charge in [-0.15, -0.1) is 11.3 Å². The van der Waals surface area contributed by atoms with Crippen molar-refractivity contribution in [3.05, 3.63) is 21.9 Å². The number of halogens is 1. The Balaban J connectivity index is 2.63. The zero-order chi connectivity index (χ0) is 12.2. The molecule has 0 saturated heterocycles. The minimum Gasteiger partial charge on any atom is -0.375 e. The summed E-state index contributed by atoms with van der Waals surface area (Å²) in [6.07, 6.45) is -0.229. The maximum absolute atomic E-state index is 11.2. The van der Waals surface area contributed by atoms with Gasteiger partial charge in [-0.1, -0.05) is 15.9 Å². The minimum atomic E-state index is -3.23. The fourth-order valence-corrected chi connectivity index (χ4v) is 3.09. The third-order valence-electron chi connectivity index (χ3n) is 2.00. The second-order valence-corrected chi connectivity index (χ2v) is 7.67. The second kappa shape index (κ2) is 6.11. The van der Waals surface area contributed by atoms with E-state index in [-0.39, 0.29) is 17.3 Å². The molecule has 1 N–H and O–H groups in total. The summed E-state index contributed by atoms with van der Waals surface area (Å²) in [6, 6.07) is 3.95. The van der Waals surface area contributed by atoms with Gasteiger partial charge in [0.25, 0.3) is 0 Å². The van der Waals surface area contributed by atoms with Crippen molar-refractivity contribution in [2.75, 3.05) is 18.3 Å². The highest BCUT2D eigenvalue weighted by atomic mass is 79.9. The second-order valence-electron chi connectivity index (χ2n) is 3.25. The van der Waals surface area contributed by atoms with Crippen LogP contribution in [0.25, 0.3) is 0 Å². The average molecular weight is 328 g/mol.